The summed E-state index contributed by atoms with van der Waals surface area (Å²) in [5, 5.41) is 3.25. The molecule has 0 aromatic carbocycles. The predicted molar refractivity (Wildman–Crippen MR) is 84.9 cm³/mol. The Labute approximate surface area is 125 Å². The minimum atomic E-state index is -0.550. The molecule has 4 heteroatoms. The van der Waals surface area contributed by atoms with Gasteiger partial charge in [-0.05, 0) is 59.2 Å². The Kier molecular flexibility index (Phi) is 9.06. The molecule has 0 aromatic heterocycles. The van der Waals surface area contributed by atoms with Gasteiger partial charge in [0.15, 0.2) is 0 Å². The summed E-state index contributed by atoms with van der Waals surface area (Å²) < 4.78 is 4.90. The van der Waals surface area contributed by atoms with Crippen LogP contribution in [0.2, 0.25) is 0 Å². The van der Waals surface area contributed by atoms with E-state index in [0.717, 1.165) is 32.4 Å². The monoisotopic (exact) mass is 286 g/mol. The molecule has 0 bridgehead atoms. The highest BCUT2D eigenvalue weighted by Crippen LogP contribution is 2.17. The summed E-state index contributed by atoms with van der Waals surface area (Å²) in [6.45, 7) is 12.6. The van der Waals surface area contributed by atoms with E-state index < -0.39 is 5.54 Å². The number of nitrogens with zero attached hydrogens (tertiary/aromatic N) is 1. The first kappa shape index (κ1) is 19.4. The third-order valence-electron chi connectivity index (χ3n) is 4.30. The van der Waals surface area contributed by atoms with E-state index >= 15 is 0 Å². The van der Waals surface area contributed by atoms with Gasteiger partial charge in [-0.3, -0.25) is 4.79 Å². The molecule has 120 valence electrons. The molecule has 0 aliphatic rings. The summed E-state index contributed by atoms with van der Waals surface area (Å²) in [5.74, 6) is 0.505. The predicted octanol–water partition coefficient (Wildman–Crippen LogP) is 2.67. The molecule has 0 saturated carbocycles. The van der Waals surface area contributed by atoms with Gasteiger partial charge >= 0.3 is 5.97 Å². The van der Waals surface area contributed by atoms with Crippen LogP contribution in [-0.2, 0) is 9.53 Å². The van der Waals surface area contributed by atoms with Crippen molar-refractivity contribution in [2.24, 2.45) is 5.92 Å². The van der Waals surface area contributed by atoms with Crippen molar-refractivity contribution in [3.63, 3.8) is 0 Å². The van der Waals surface area contributed by atoms with E-state index in [1.54, 1.807) is 0 Å². The summed E-state index contributed by atoms with van der Waals surface area (Å²) >= 11 is 0. The van der Waals surface area contributed by atoms with E-state index in [9.17, 15) is 4.79 Å². The van der Waals surface area contributed by atoms with E-state index in [-0.39, 0.29) is 5.97 Å². The lowest BCUT2D eigenvalue weighted by molar-refractivity contribution is -0.148. The molecule has 0 aromatic rings. The minimum absolute atomic E-state index is 0.164. The average molecular weight is 286 g/mol. The first-order valence-electron chi connectivity index (χ1n) is 7.82. The van der Waals surface area contributed by atoms with Crippen molar-refractivity contribution >= 4 is 5.97 Å². The van der Waals surface area contributed by atoms with Gasteiger partial charge in [0, 0.05) is 6.04 Å². The van der Waals surface area contributed by atoms with Gasteiger partial charge in [0.1, 0.15) is 5.54 Å². The lowest BCUT2D eigenvalue weighted by Gasteiger charge is -2.29. The van der Waals surface area contributed by atoms with Crippen LogP contribution < -0.4 is 5.32 Å². The maximum atomic E-state index is 11.9. The van der Waals surface area contributed by atoms with Gasteiger partial charge in [0.25, 0.3) is 0 Å². The Morgan fingerprint density at radius 2 is 1.90 bits per heavy atom. The van der Waals surface area contributed by atoms with E-state index in [1.807, 2.05) is 13.8 Å². The molecule has 0 aliphatic carbocycles. The molecule has 0 aliphatic heterocycles. The van der Waals surface area contributed by atoms with Gasteiger partial charge in [-0.25, -0.2) is 0 Å². The first-order valence-corrected chi connectivity index (χ1v) is 7.82. The van der Waals surface area contributed by atoms with Crippen molar-refractivity contribution in [3.05, 3.63) is 0 Å². The van der Waals surface area contributed by atoms with Gasteiger partial charge in [-0.15, -0.1) is 0 Å². The number of carbonyl (C=O) groups is 1. The summed E-state index contributed by atoms with van der Waals surface area (Å²) in [6.07, 6.45) is 2.94. The summed E-state index contributed by atoms with van der Waals surface area (Å²) in [4.78, 5) is 14.3. The Morgan fingerprint density at radius 3 is 2.35 bits per heavy atom. The maximum Gasteiger partial charge on any atom is 0.325 e. The van der Waals surface area contributed by atoms with Crippen molar-refractivity contribution in [3.8, 4) is 0 Å². The van der Waals surface area contributed by atoms with E-state index in [2.05, 4.69) is 38.0 Å². The summed E-state index contributed by atoms with van der Waals surface area (Å²) in [5.41, 5.74) is -0.550. The molecule has 0 spiro atoms. The molecule has 2 atom stereocenters. The van der Waals surface area contributed by atoms with Crippen molar-refractivity contribution in [2.45, 2.75) is 65.5 Å². The highest BCUT2D eigenvalue weighted by atomic mass is 16.5. The first-order chi connectivity index (χ1) is 9.28. The molecule has 0 radical (unpaired) electrons. The Bertz CT molecular complexity index is 282. The third kappa shape index (κ3) is 6.23. The van der Waals surface area contributed by atoms with Gasteiger partial charge in [-0.2, -0.15) is 0 Å². The van der Waals surface area contributed by atoms with Crippen LogP contribution in [0.5, 0.6) is 0 Å². The van der Waals surface area contributed by atoms with E-state index in [0.29, 0.717) is 12.0 Å². The minimum Gasteiger partial charge on any atom is -0.468 e. The number of hydrogen-bond acceptors (Lipinski definition) is 4. The lowest BCUT2D eigenvalue weighted by atomic mass is 9.94. The number of methoxy groups -OCH3 is 1. The highest BCUT2D eigenvalue weighted by molar-refractivity contribution is 5.80. The van der Waals surface area contributed by atoms with Crippen LogP contribution in [0.3, 0.4) is 0 Å². The number of rotatable bonds is 10. The van der Waals surface area contributed by atoms with Crippen LogP contribution in [0.25, 0.3) is 0 Å². The zero-order chi connectivity index (χ0) is 15.8. The van der Waals surface area contributed by atoms with Crippen molar-refractivity contribution in [2.75, 3.05) is 27.2 Å². The highest BCUT2D eigenvalue weighted by Gasteiger charge is 2.32. The fraction of sp³-hybridized carbons (Fsp3) is 0.938. The SMILES string of the molecule is CCNC(C)(CCCCN(C)C(C)C(C)C)C(=O)OC. The van der Waals surface area contributed by atoms with Crippen LogP contribution in [0, 0.1) is 5.92 Å². The van der Waals surface area contributed by atoms with Crippen LogP contribution in [0.15, 0.2) is 0 Å². The number of esters is 1. The molecule has 0 amide bonds. The number of carbonyl (C=O) groups excluding carboxylic acids is 1. The van der Waals surface area contributed by atoms with Crippen LogP contribution in [0.1, 0.15) is 53.9 Å². The molecule has 2 unspecified atom stereocenters. The molecule has 4 nitrogen and oxygen atoms in total. The number of ether oxygens (including phenoxy) is 1. The standard InChI is InChI=1S/C16H34N2O2/c1-8-17-16(5,15(19)20-7)11-9-10-12-18(6)14(4)13(2)3/h13-14,17H,8-12H2,1-7H3. The van der Waals surface area contributed by atoms with Crippen molar-refractivity contribution in [1.29, 1.82) is 0 Å². The molecule has 0 saturated heterocycles. The Morgan fingerprint density at radius 1 is 1.30 bits per heavy atom. The molecular weight excluding hydrogens is 252 g/mol. The van der Waals surface area contributed by atoms with E-state index in [1.165, 1.54) is 7.11 Å². The third-order valence-corrected chi connectivity index (χ3v) is 4.30. The Balaban J connectivity index is 4.16. The quantitative estimate of drug-likeness (QED) is 0.495. The molecule has 1 N–H and O–H groups in total. The number of likely N-dealkylation sites (N-methyl/N-ethyl adjacent to an activating group) is 1. The summed E-state index contributed by atoms with van der Waals surface area (Å²) in [7, 11) is 3.63. The van der Waals surface area contributed by atoms with Gasteiger partial charge in [-0.1, -0.05) is 20.8 Å². The van der Waals surface area contributed by atoms with Crippen molar-refractivity contribution in [1.82, 2.24) is 10.2 Å². The zero-order valence-electron chi connectivity index (χ0n) is 14.5. The van der Waals surface area contributed by atoms with Crippen molar-refractivity contribution < 1.29 is 9.53 Å². The molecule has 0 rings (SSSR count). The second-order valence-corrected chi connectivity index (χ2v) is 6.28. The Hall–Kier alpha value is -0.610. The van der Waals surface area contributed by atoms with Gasteiger partial charge in [0.2, 0.25) is 0 Å². The number of nitrogens with one attached hydrogen (secondary N) is 1. The summed E-state index contributed by atoms with van der Waals surface area (Å²) in [6, 6.07) is 0.593. The smallest absolute Gasteiger partial charge is 0.325 e. The number of hydrogen-bond donors (Lipinski definition) is 1. The van der Waals surface area contributed by atoms with Crippen LogP contribution >= 0.6 is 0 Å². The molecule has 0 fully saturated rings. The fourth-order valence-electron chi connectivity index (χ4n) is 2.43. The lowest BCUT2D eigenvalue weighted by Crippen LogP contribution is -2.50. The van der Waals surface area contributed by atoms with Crippen LogP contribution in [0.4, 0.5) is 0 Å². The second-order valence-electron chi connectivity index (χ2n) is 6.28. The second kappa shape index (κ2) is 9.35. The maximum absolute atomic E-state index is 11.9. The fourth-order valence-corrected chi connectivity index (χ4v) is 2.43. The average Bonchev–Trinajstić information content (AvgIpc) is 2.41. The normalized spacial score (nSPS) is 16.2. The molecule has 20 heavy (non-hydrogen) atoms. The van der Waals surface area contributed by atoms with Gasteiger partial charge in [0.05, 0.1) is 7.11 Å². The number of unbranched alkanes of at least 4 members (excludes halogenated alkanes) is 1. The largest absolute Gasteiger partial charge is 0.468 e. The topological polar surface area (TPSA) is 41.6 Å². The van der Waals surface area contributed by atoms with Gasteiger partial charge < -0.3 is 15.0 Å². The molecule has 0 heterocycles. The van der Waals surface area contributed by atoms with Crippen LogP contribution in [-0.4, -0.2) is 49.7 Å². The zero-order valence-corrected chi connectivity index (χ0v) is 14.5. The molecular formula is C16H34N2O2. The van der Waals surface area contributed by atoms with E-state index in [4.69, 9.17) is 4.74 Å².